The molecule has 1 saturated carbocycles. The number of amides is 2. The highest BCUT2D eigenvalue weighted by Gasteiger charge is 2.33. The first-order chi connectivity index (χ1) is 14.1. The van der Waals surface area contributed by atoms with E-state index in [9.17, 15) is 9.59 Å². The molecule has 1 atom stereocenters. The zero-order chi connectivity index (χ0) is 20.2. The molecule has 156 valence electrons. The summed E-state index contributed by atoms with van der Waals surface area (Å²) >= 11 is 5.27. The maximum Gasteiger partial charge on any atom is 0.414 e. The molecular weight excluding hydrogens is 394 g/mol. The lowest BCUT2D eigenvalue weighted by Crippen LogP contribution is -2.36. The molecule has 3 fully saturated rings. The zero-order valence-corrected chi connectivity index (χ0v) is 17.0. The van der Waals surface area contributed by atoms with Gasteiger partial charge in [-0.2, -0.15) is 0 Å². The number of hydrogen-bond donors (Lipinski definition) is 1. The number of hydrogen-bond acceptors (Lipinski definition) is 6. The monoisotopic (exact) mass is 419 g/mol. The molecule has 4 rings (SSSR count). The van der Waals surface area contributed by atoms with Crippen LogP contribution in [0.25, 0.3) is 0 Å². The fourth-order valence-electron chi connectivity index (χ4n) is 3.85. The van der Waals surface area contributed by atoms with Gasteiger partial charge in [0.05, 0.1) is 19.6 Å². The largest absolute Gasteiger partial charge is 0.468 e. The maximum absolute atomic E-state index is 12.3. The first-order valence-corrected chi connectivity index (χ1v) is 10.5. The maximum atomic E-state index is 12.3. The Morgan fingerprint density at radius 3 is 2.41 bits per heavy atom. The first-order valence-electron chi connectivity index (χ1n) is 10.1. The Morgan fingerprint density at radius 2 is 1.76 bits per heavy atom. The van der Waals surface area contributed by atoms with Gasteiger partial charge in [0.1, 0.15) is 18.8 Å². The van der Waals surface area contributed by atoms with E-state index >= 15 is 0 Å². The number of nitrogens with one attached hydrogen (secondary N) is 1. The minimum atomic E-state index is -0.399. The minimum absolute atomic E-state index is 0.192. The smallest absolute Gasteiger partial charge is 0.414 e. The van der Waals surface area contributed by atoms with Gasteiger partial charge in [-0.3, -0.25) is 9.80 Å². The third kappa shape index (κ3) is 4.72. The van der Waals surface area contributed by atoms with Gasteiger partial charge in [-0.1, -0.05) is 6.42 Å². The third-order valence-corrected chi connectivity index (χ3v) is 5.65. The Bertz CT molecular complexity index is 766. The summed E-state index contributed by atoms with van der Waals surface area (Å²) in [6, 6.07) is 7.20. The Morgan fingerprint density at radius 1 is 1.07 bits per heavy atom. The number of carbonyl (C=O) groups excluding carboxylic acids is 2. The number of carbonyl (C=O) groups is 2. The van der Waals surface area contributed by atoms with Crippen LogP contribution in [0.15, 0.2) is 24.3 Å². The van der Waals surface area contributed by atoms with E-state index in [2.05, 4.69) is 5.32 Å². The SMILES string of the molecule is O=C1OCCN1c1ccc(N2CC(CNC(=S)OC3CCCCC3)OC2=O)cc1. The Balaban J connectivity index is 1.27. The Kier molecular flexibility index (Phi) is 6.03. The fourth-order valence-corrected chi connectivity index (χ4v) is 4.07. The normalized spacial score (nSPS) is 22.4. The van der Waals surface area contributed by atoms with Crippen LogP contribution in [0, 0.1) is 0 Å². The zero-order valence-electron chi connectivity index (χ0n) is 16.2. The standard InChI is InChI=1S/C20H25N3O5S/c24-19-22(10-11-26-19)14-6-8-15(9-7-14)23-13-17(28-20(23)25)12-21-18(29)27-16-4-2-1-3-5-16/h6-9,16-17H,1-5,10-13H2,(H,21,29). The van der Waals surface area contributed by atoms with Gasteiger partial charge in [0, 0.05) is 11.4 Å². The highest BCUT2D eigenvalue weighted by atomic mass is 32.1. The summed E-state index contributed by atoms with van der Waals surface area (Å²) in [6.45, 7) is 1.75. The van der Waals surface area contributed by atoms with Crippen molar-refractivity contribution in [2.24, 2.45) is 0 Å². The van der Waals surface area contributed by atoms with E-state index in [1.165, 1.54) is 19.3 Å². The molecule has 1 aromatic carbocycles. The summed E-state index contributed by atoms with van der Waals surface area (Å²) in [5.41, 5.74) is 1.46. The lowest BCUT2D eigenvalue weighted by Gasteiger charge is -2.23. The van der Waals surface area contributed by atoms with Gasteiger partial charge in [0.25, 0.3) is 5.17 Å². The number of nitrogens with zero attached hydrogens (tertiary/aromatic N) is 2. The number of rotatable bonds is 5. The molecule has 0 radical (unpaired) electrons. The number of benzene rings is 1. The van der Waals surface area contributed by atoms with Crippen molar-refractivity contribution in [3.8, 4) is 0 Å². The van der Waals surface area contributed by atoms with Crippen LogP contribution >= 0.6 is 12.2 Å². The lowest BCUT2D eigenvalue weighted by atomic mass is 9.98. The molecule has 1 N–H and O–H groups in total. The molecule has 1 aromatic rings. The average Bonchev–Trinajstić information content (AvgIpc) is 3.33. The van der Waals surface area contributed by atoms with Crippen LogP contribution in [0.2, 0.25) is 0 Å². The molecule has 2 heterocycles. The molecule has 2 aliphatic heterocycles. The van der Waals surface area contributed by atoms with E-state index in [0.29, 0.717) is 31.4 Å². The van der Waals surface area contributed by atoms with Gasteiger partial charge in [-0.15, -0.1) is 0 Å². The summed E-state index contributed by atoms with van der Waals surface area (Å²) in [5, 5.41) is 3.43. The lowest BCUT2D eigenvalue weighted by molar-refractivity contribution is 0.128. The van der Waals surface area contributed by atoms with Crippen LogP contribution in [0.5, 0.6) is 0 Å². The van der Waals surface area contributed by atoms with Crippen LogP contribution in [0.1, 0.15) is 32.1 Å². The van der Waals surface area contributed by atoms with Crippen LogP contribution in [-0.2, 0) is 14.2 Å². The number of ether oxygens (including phenoxy) is 3. The molecule has 8 nitrogen and oxygen atoms in total. The molecular formula is C20H25N3O5S. The summed E-state index contributed by atoms with van der Waals surface area (Å²) < 4.78 is 16.2. The van der Waals surface area contributed by atoms with Crippen molar-refractivity contribution in [2.75, 3.05) is 36.0 Å². The van der Waals surface area contributed by atoms with Gasteiger partial charge in [0.2, 0.25) is 0 Å². The van der Waals surface area contributed by atoms with Crippen molar-refractivity contribution in [3.63, 3.8) is 0 Å². The second kappa shape index (κ2) is 8.86. The van der Waals surface area contributed by atoms with Crippen molar-refractivity contribution >= 4 is 41.0 Å². The molecule has 1 aliphatic carbocycles. The number of anilines is 2. The van der Waals surface area contributed by atoms with Crippen LogP contribution < -0.4 is 15.1 Å². The van der Waals surface area contributed by atoms with Gasteiger partial charge in [-0.05, 0) is 62.2 Å². The molecule has 2 saturated heterocycles. The van der Waals surface area contributed by atoms with Crippen molar-refractivity contribution in [3.05, 3.63) is 24.3 Å². The molecule has 0 aromatic heterocycles. The highest BCUT2D eigenvalue weighted by Crippen LogP contribution is 2.26. The van der Waals surface area contributed by atoms with Gasteiger partial charge >= 0.3 is 12.2 Å². The summed E-state index contributed by atoms with van der Waals surface area (Å²) in [4.78, 5) is 27.1. The van der Waals surface area contributed by atoms with Gasteiger partial charge < -0.3 is 19.5 Å². The van der Waals surface area contributed by atoms with E-state index < -0.39 is 6.09 Å². The van der Waals surface area contributed by atoms with E-state index in [-0.39, 0.29) is 18.3 Å². The minimum Gasteiger partial charge on any atom is -0.468 e. The van der Waals surface area contributed by atoms with Crippen LogP contribution in [0.4, 0.5) is 21.0 Å². The van der Waals surface area contributed by atoms with Crippen molar-refractivity contribution < 1.29 is 23.8 Å². The molecule has 0 spiro atoms. The van der Waals surface area contributed by atoms with Gasteiger partial charge in [-0.25, -0.2) is 9.59 Å². The number of cyclic esters (lactones) is 2. The molecule has 2 amide bonds. The predicted molar refractivity (Wildman–Crippen MR) is 111 cm³/mol. The fraction of sp³-hybridized carbons (Fsp3) is 0.550. The molecule has 3 aliphatic rings. The van der Waals surface area contributed by atoms with E-state index in [4.69, 9.17) is 26.4 Å². The second-order valence-corrected chi connectivity index (χ2v) is 7.82. The molecule has 0 bridgehead atoms. The first kappa shape index (κ1) is 19.8. The quantitative estimate of drug-likeness (QED) is 0.734. The second-order valence-electron chi connectivity index (χ2n) is 7.45. The molecule has 29 heavy (non-hydrogen) atoms. The molecule has 9 heteroatoms. The summed E-state index contributed by atoms with van der Waals surface area (Å²) in [6.07, 6.45) is 4.83. The van der Waals surface area contributed by atoms with Crippen LogP contribution in [0.3, 0.4) is 0 Å². The van der Waals surface area contributed by atoms with Crippen LogP contribution in [-0.4, -0.2) is 55.8 Å². The summed E-state index contributed by atoms with van der Waals surface area (Å²) in [5.74, 6) is 0. The summed E-state index contributed by atoms with van der Waals surface area (Å²) in [7, 11) is 0. The predicted octanol–water partition coefficient (Wildman–Crippen LogP) is 3.19. The number of thiocarbonyl (C=S) groups is 1. The topological polar surface area (TPSA) is 80.3 Å². The average molecular weight is 420 g/mol. The van der Waals surface area contributed by atoms with Crippen molar-refractivity contribution in [1.82, 2.24) is 5.32 Å². The Labute approximate surface area is 175 Å². The van der Waals surface area contributed by atoms with E-state index in [1.807, 2.05) is 0 Å². The third-order valence-electron chi connectivity index (χ3n) is 5.41. The van der Waals surface area contributed by atoms with Crippen molar-refractivity contribution in [2.45, 2.75) is 44.3 Å². The molecule has 1 unspecified atom stereocenters. The highest BCUT2D eigenvalue weighted by molar-refractivity contribution is 7.80. The van der Waals surface area contributed by atoms with Gasteiger partial charge in [0.15, 0.2) is 0 Å². The van der Waals surface area contributed by atoms with E-state index in [1.54, 1.807) is 34.1 Å². The Hall–Kier alpha value is -2.55. The van der Waals surface area contributed by atoms with E-state index in [0.717, 1.165) is 24.2 Å². The van der Waals surface area contributed by atoms with Crippen molar-refractivity contribution in [1.29, 1.82) is 0 Å².